The Balaban J connectivity index is 1.99. The van der Waals surface area contributed by atoms with Gasteiger partial charge in [-0.15, -0.1) is 0 Å². The van der Waals surface area contributed by atoms with E-state index in [4.69, 9.17) is 4.74 Å². The lowest BCUT2D eigenvalue weighted by Crippen LogP contribution is -2.22. The molecule has 21 heavy (non-hydrogen) atoms. The lowest BCUT2D eigenvalue weighted by atomic mass is 10.00. The van der Waals surface area contributed by atoms with Crippen molar-refractivity contribution in [3.05, 3.63) is 29.8 Å². The number of rotatable bonds is 7. The van der Waals surface area contributed by atoms with Crippen LogP contribution >= 0.6 is 0 Å². The molecule has 0 amide bonds. The van der Waals surface area contributed by atoms with Crippen molar-refractivity contribution in [2.75, 3.05) is 0 Å². The van der Waals surface area contributed by atoms with Crippen LogP contribution in [-0.2, 0) is 20.3 Å². The van der Waals surface area contributed by atoms with E-state index in [1.165, 1.54) is 19.3 Å². The van der Waals surface area contributed by atoms with Crippen LogP contribution in [0.3, 0.4) is 0 Å². The zero-order valence-corrected chi connectivity index (χ0v) is 13.7. The highest BCUT2D eigenvalue weighted by molar-refractivity contribution is 7.85. The second kappa shape index (κ2) is 7.74. The molecule has 3 nitrogen and oxygen atoms in total. The summed E-state index contributed by atoms with van der Waals surface area (Å²) in [6.45, 7) is 4.18. The van der Waals surface area contributed by atoms with E-state index < -0.39 is 16.2 Å². The van der Waals surface area contributed by atoms with Crippen molar-refractivity contribution < 1.29 is 13.7 Å². The number of unbranched alkanes of at least 4 members (excludes halogenated alkanes) is 3. The van der Waals surface area contributed by atoms with Crippen LogP contribution in [0.15, 0.2) is 29.2 Å². The summed E-state index contributed by atoms with van der Waals surface area (Å²) < 4.78 is 18.0. The van der Waals surface area contributed by atoms with E-state index in [2.05, 4.69) is 6.92 Å². The second-order valence-corrected chi connectivity index (χ2v) is 7.31. The average Bonchev–Trinajstić information content (AvgIpc) is 2.85. The number of hydrogen-bond donors (Lipinski definition) is 0. The number of esters is 1. The summed E-state index contributed by atoms with van der Waals surface area (Å²) in [4.78, 5) is 12.3. The minimum Gasteiger partial charge on any atom is -0.448 e. The molecule has 1 fully saturated rings. The third kappa shape index (κ3) is 4.40. The van der Waals surface area contributed by atoms with Gasteiger partial charge in [0.05, 0.1) is 17.2 Å². The zero-order valence-electron chi connectivity index (χ0n) is 12.8. The summed E-state index contributed by atoms with van der Waals surface area (Å²) in [6.07, 6.45) is 6.00. The van der Waals surface area contributed by atoms with Gasteiger partial charge in [-0.2, -0.15) is 0 Å². The molecule has 0 spiro atoms. The number of benzene rings is 1. The Morgan fingerprint density at radius 2 is 1.90 bits per heavy atom. The maximum absolute atomic E-state index is 12.6. The van der Waals surface area contributed by atoms with Gasteiger partial charge in [-0.25, -0.2) is 0 Å². The Kier molecular flexibility index (Phi) is 5.97. The van der Waals surface area contributed by atoms with Gasteiger partial charge in [-0.1, -0.05) is 50.3 Å². The first-order valence-corrected chi connectivity index (χ1v) is 9.00. The predicted octanol–water partition coefficient (Wildman–Crippen LogP) is 3.96. The number of carbonyl (C=O) groups excluding carboxylic acids is 1. The highest BCUT2D eigenvalue weighted by Crippen LogP contribution is 2.32. The van der Waals surface area contributed by atoms with Crippen molar-refractivity contribution in [1.29, 1.82) is 0 Å². The van der Waals surface area contributed by atoms with Gasteiger partial charge in [0.2, 0.25) is 0 Å². The Hall–Kier alpha value is -1.16. The average molecular weight is 308 g/mol. The van der Waals surface area contributed by atoms with Gasteiger partial charge in [0.25, 0.3) is 0 Å². The normalized spacial score (nSPS) is 23.0. The molecule has 116 valence electrons. The molecule has 1 aromatic carbocycles. The first-order valence-electron chi connectivity index (χ1n) is 7.78. The molecule has 0 bridgehead atoms. The summed E-state index contributed by atoms with van der Waals surface area (Å²) in [7, 11) is -1.27. The topological polar surface area (TPSA) is 43.4 Å². The van der Waals surface area contributed by atoms with Gasteiger partial charge in [0, 0.05) is 10.8 Å². The van der Waals surface area contributed by atoms with E-state index in [0.717, 1.165) is 23.3 Å². The van der Waals surface area contributed by atoms with E-state index in [1.54, 1.807) is 0 Å². The minimum absolute atomic E-state index is 0.0940. The Labute approximate surface area is 129 Å². The molecular weight excluding hydrogens is 284 g/mol. The van der Waals surface area contributed by atoms with Gasteiger partial charge in [0.1, 0.15) is 0 Å². The van der Waals surface area contributed by atoms with Crippen molar-refractivity contribution in [2.45, 2.75) is 62.7 Å². The minimum atomic E-state index is -1.27. The first-order chi connectivity index (χ1) is 10.1. The Morgan fingerprint density at radius 1 is 1.19 bits per heavy atom. The SMILES string of the molecule is CCCCCCC1CC(=O)OC1S(=O)c1ccc(C)cc1. The second-order valence-electron chi connectivity index (χ2n) is 5.78. The quantitative estimate of drug-likeness (QED) is 0.565. The van der Waals surface area contributed by atoms with Crippen LogP contribution in [0.5, 0.6) is 0 Å². The molecule has 1 aliphatic rings. The van der Waals surface area contributed by atoms with Crippen LogP contribution in [-0.4, -0.2) is 15.6 Å². The number of carbonyl (C=O) groups is 1. The van der Waals surface area contributed by atoms with E-state index >= 15 is 0 Å². The van der Waals surface area contributed by atoms with Crippen molar-refractivity contribution >= 4 is 16.8 Å². The number of hydrogen-bond acceptors (Lipinski definition) is 3. The summed E-state index contributed by atoms with van der Waals surface area (Å²) in [5, 5.41) is 0. The van der Waals surface area contributed by atoms with Gasteiger partial charge < -0.3 is 4.74 Å². The van der Waals surface area contributed by atoms with E-state index in [9.17, 15) is 9.00 Å². The molecule has 3 atom stereocenters. The molecule has 0 radical (unpaired) electrons. The third-order valence-corrected chi connectivity index (χ3v) is 5.59. The fraction of sp³-hybridized carbons (Fsp3) is 0.588. The van der Waals surface area contributed by atoms with Crippen LogP contribution in [0.1, 0.15) is 51.0 Å². The molecular formula is C17H24O3S. The Morgan fingerprint density at radius 3 is 2.57 bits per heavy atom. The van der Waals surface area contributed by atoms with Crippen molar-refractivity contribution in [3.63, 3.8) is 0 Å². The van der Waals surface area contributed by atoms with E-state index in [0.29, 0.717) is 6.42 Å². The van der Waals surface area contributed by atoms with Crippen LogP contribution in [0.2, 0.25) is 0 Å². The summed E-state index contributed by atoms with van der Waals surface area (Å²) >= 11 is 0. The largest absolute Gasteiger partial charge is 0.448 e. The zero-order chi connectivity index (χ0) is 15.2. The molecule has 0 saturated carbocycles. The molecule has 1 aliphatic heterocycles. The highest BCUT2D eigenvalue weighted by atomic mass is 32.2. The van der Waals surface area contributed by atoms with E-state index in [-0.39, 0.29) is 11.9 Å². The van der Waals surface area contributed by atoms with Crippen LogP contribution in [0.4, 0.5) is 0 Å². The van der Waals surface area contributed by atoms with Crippen molar-refractivity contribution in [3.8, 4) is 0 Å². The van der Waals surface area contributed by atoms with Gasteiger partial charge in [-0.3, -0.25) is 9.00 Å². The molecule has 4 heteroatoms. The third-order valence-electron chi connectivity index (χ3n) is 3.95. The van der Waals surface area contributed by atoms with Crippen LogP contribution in [0.25, 0.3) is 0 Å². The molecule has 0 aromatic heterocycles. The lowest BCUT2D eigenvalue weighted by molar-refractivity contribution is -0.139. The summed E-state index contributed by atoms with van der Waals surface area (Å²) in [5.74, 6) is -0.113. The predicted molar refractivity (Wildman–Crippen MR) is 84.3 cm³/mol. The maximum atomic E-state index is 12.6. The Bertz CT molecular complexity index is 495. The van der Waals surface area contributed by atoms with Gasteiger partial charge in [-0.05, 0) is 25.5 Å². The van der Waals surface area contributed by atoms with Crippen LogP contribution in [0, 0.1) is 12.8 Å². The molecule has 1 aromatic rings. The lowest BCUT2D eigenvalue weighted by Gasteiger charge is -2.17. The van der Waals surface area contributed by atoms with Gasteiger partial charge in [0.15, 0.2) is 5.44 Å². The standard InChI is InChI=1S/C17H24O3S/c1-3-4-5-6-7-14-12-16(18)20-17(14)21(19)15-10-8-13(2)9-11-15/h8-11,14,17H,3-7,12H2,1-2H3. The fourth-order valence-electron chi connectivity index (χ4n) is 2.68. The smallest absolute Gasteiger partial charge is 0.307 e. The van der Waals surface area contributed by atoms with Crippen molar-refractivity contribution in [2.24, 2.45) is 5.92 Å². The first kappa shape index (κ1) is 16.2. The number of aryl methyl sites for hydroxylation is 1. The summed E-state index contributed by atoms with van der Waals surface area (Å²) in [5.41, 5.74) is 0.664. The van der Waals surface area contributed by atoms with Crippen molar-refractivity contribution in [1.82, 2.24) is 0 Å². The number of cyclic esters (lactones) is 1. The fourth-order valence-corrected chi connectivity index (χ4v) is 4.13. The summed E-state index contributed by atoms with van der Waals surface area (Å²) in [6, 6.07) is 7.62. The van der Waals surface area contributed by atoms with Crippen LogP contribution < -0.4 is 0 Å². The number of ether oxygens (including phenoxy) is 1. The molecule has 3 unspecified atom stereocenters. The molecule has 1 saturated heterocycles. The maximum Gasteiger partial charge on any atom is 0.307 e. The molecule has 1 heterocycles. The molecule has 0 N–H and O–H groups in total. The molecule has 0 aliphatic carbocycles. The highest BCUT2D eigenvalue weighted by Gasteiger charge is 2.38. The van der Waals surface area contributed by atoms with E-state index in [1.807, 2.05) is 31.2 Å². The molecule has 2 rings (SSSR count). The monoisotopic (exact) mass is 308 g/mol. The van der Waals surface area contributed by atoms with Gasteiger partial charge >= 0.3 is 5.97 Å².